The molecule has 2 heterocycles. The highest BCUT2D eigenvalue weighted by Crippen LogP contribution is 2.24. The standard InChI is InChI=1S/C14H20N4O2/c15-11-2-1-10-7-12(9-16-13(10)8-11)17-3-5-18(6-4-17)14(19)20/h7,9,11H,1-6,8,15H2,(H,19,20)/t11-/m0/s1. The highest BCUT2D eigenvalue weighted by atomic mass is 16.4. The molecule has 1 aliphatic heterocycles. The summed E-state index contributed by atoms with van der Waals surface area (Å²) in [4.78, 5) is 19.1. The molecular weight excluding hydrogens is 256 g/mol. The zero-order valence-corrected chi connectivity index (χ0v) is 11.5. The number of carbonyl (C=O) groups is 1. The zero-order chi connectivity index (χ0) is 14.1. The predicted molar refractivity (Wildman–Crippen MR) is 76.0 cm³/mol. The maximum Gasteiger partial charge on any atom is 0.407 e. The van der Waals surface area contributed by atoms with Gasteiger partial charge in [-0.3, -0.25) is 4.98 Å². The van der Waals surface area contributed by atoms with Gasteiger partial charge in [0.1, 0.15) is 0 Å². The average Bonchev–Trinajstić information content (AvgIpc) is 2.47. The van der Waals surface area contributed by atoms with Gasteiger partial charge in [-0.05, 0) is 24.5 Å². The molecule has 1 saturated heterocycles. The Bertz CT molecular complexity index is 512. The van der Waals surface area contributed by atoms with Gasteiger partial charge in [-0.15, -0.1) is 0 Å². The number of fused-ring (bicyclic) bond motifs is 1. The molecule has 1 aromatic heterocycles. The van der Waals surface area contributed by atoms with E-state index < -0.39 is 6.09 Å². The molecular formula is C14H20N4O2. The van der Waals surface area contributed by atoms with Gasteiger partial charge in [0, 0.05) is 44.3 Å². The average molecular weight is 276 g/mol. The van der Waals surface area contributed by atoms with E-state index in [1.807, 2.05) is 6.20 Å². The first-order valence-electron chi connectivity index (χ1n) is 7.09. The Labute approximate surface area is 118 Å². The summed E-state index contributed by atoms with van der Waals surface area (Å²) < 4.78 is 0. The van der Waals surface area contributed by atoms with Crippen LogP contribution in [-0.4, -0.2) is 53.3 Å². The van der Waals surface area contributed by atoms with Crippen LogP contribution in [0.15, 0.2) is 12.3 Å². The van der Waals surface area contributed by atoms with Crippen molar-refractivity contribution in [3.05, 3.63) is 23.5 Å². The highest BCUT2D eigenvalue weighted by molar-refractivity contribution is 5.65. The Morgan fingerprint density at radius 2 is 2.10 bits per heavy atom. The van der Waals surface area contributed by atoms with Crippen molar-refractivity contribution in [2.45, 2.75) is 25.3 Å². The van der Waals surface area contributed by atoms with Crippen LogP contribution in [0.2, 0.25) is 0 Å². The number of hydrogen-bond acceptors (Lipinski definition) is 4. The van der Waals surface area contributed by atoms with Gasteiger partial charge in [0.15, 0.2) is 0 Å². The summed E-state index contributed by atoms with van der Waals surface area (Å²) in [5.41, 5.74) is 9.48. The Kier molecular flexibility index (Phi) is 3.48. The van der Waals surface area contributed by atoms with Crippen LogP contribution in [0.25, 0.3) is 0 Å². The second-order valence-corrected chi connectivity index (χ2v) is 5.56. The molecule has 0 spiro atoms. The number of aromatic nitrogens is 1. The molecule has 0 radical (unpaired) electrons. The molecule has 2 aliphatic rings. The molecule has 1 atom stereocenters. The lowest BCUT2D eigenvalue weighted by Gasteiger charge is -2.35. The van der Waals surface area contributed by atoms with Crippen LogP contribution in [0, 0.1) is 0 Å². The van der Waals surface area contributed by atoms with Gasteiger partial charge in [-0.2, -0.15) is 0 Å². The molecule has 0 unspecified atom stereocenters. The quantitative estimate of drug-likeness (QED) is 0.789. The first-order valence-corrected chi connectivity index (χ1v) is 7.09. The molecule has 0 saturated carbocycles. The molecule has 6 nitrogen and oxygen atoms in total. The summed E-state index contributed by atoms with van der Waals surface area (Å²) in [5.74, 6) is 0. The van der Waals surface area contributed by atoms with Crippen LogP contribution < -0.4 is 10.6 Å². The van der Waals surface area contributed by atoms with Gasteiger partial charge < -0.3 is 20.6 Å². The number of nitrogens with zero attached hydrogens (tertiary/aromatic N) is 3. The minimum Gasteiger partial charge on any atom is -0.465 e. The molecule has 20 heavy (non-hydrogen) atoms. The summed E-state index contributed by atoms with van der Waals surface area (Å²) in [6.45, 7) is 2.56. The summed E-state index contributed by atoms with van der Waals surface area (Å²) in [7, 11) is 0. The number of piperazine rings is 1. The van der Waals surface area contributed by atoms with Crippen molar-refractivity contribution >= 4 is 11.8 Å². The van der Waals surface area contributed by atoms with E-state index in [0.717, 1.165) is 43.7 Å². The van der Waals surface area contributed by atoms with E-state index in [-0.39, 0.29) is 6.04 Å². The first-order chi connectivity index (χ1) is 9.63. The number of anilines is 1. The van der Waals surface area contributed by atoms with Crippen molar-refractivity contribution in [3.8, 4) is 0 Å². The second kappa shape index (κ2) is 5.28. The third kappa shape index (κ3) is 2.56. The zero-order valence-electron chi connectivity index (χ0n) is 11.5. The molecule has 108 valence electrons. The fourth-order valence-electron chi connectivity index (χ4n) is 2.95. The van der Waals surface area contributed by atoms with Gasteiger partial charge in [0.05, 0.1) is 11.9 Å². The van der Waals surface area contributed by atoms with Crippen molar-refractivity contribution in [2.24, 2.45) is 5.73 Å². The maximum atomic E-state index is 10.9. The van der Waals surface area contributed by atoms with E-state index in [4.69, 9.17) is 10.8 Å². The van der Waals surface area contributed by atoms with Crippen LogP contribution in [0.4, 0.5) is 10.5 Å². The van der Waals surface area contributed by atoms with Crippen molar-refractivity contribution in [2.75, 3.05) is 31.1 Å². The molecule has 1 aromatic rings. The minimum absolute atomic E-state index is 0.236. The number of carboxylic acid groups (broad SMARTS) is 1. The lowest BCUT2D eigenvalue weighted by molar-refractivity contribution is 0.142. The van der Waals surface area contributed by atoms with E-state index in [1.165, 1.54) is 10.5 Å². The van der Waals surface area contributed by atoms with E-state index in [2.05, 4.69) is 16.0 Å². The van der Waals surface area contributed by atoms with Crippen LogP contribution in [-0.2, 0) is 12.8 Å². The number of hydrogen-bond donors (Lipinski definition) is 2. The Morgan fingerprint density at radius 3 is 2.80 bits per heavy atom. The first kappa shape index (κ1) is 13.2. The highest BCUT2D eigenvalue weighted by Gasteiger charge is 2.22. The normalized spacial score (nSPS) is 22.6. The smallest absolute Gasteiger partial charge is 0.407 e. The van der Waals surface area contributed by atoms with Crippen molar-refractivity contribution in [1.82, 2.24) is 9.88 Å². The topological polar surface area (TPSA) is 82.7 Å². The largest absolute Gasteiger partial charge is 0.465 e. The molecule has 0 bridgehead atoms. The fourth-order valence-corrected chi connectivity index (χ4v) is 2.95. The maximum absolute atomic E-state index is 10.9. The summed E-state index contributed by atoms with van der Waals surface area (Å²) in [5, 5.41) is 8.96. The molecule has 3 N–H and O–H groups in total. The SMILES string of the molecule is N[C@H]1CCc2cc(N3CCN(C(=O)O)CC3)cnc2C1. The van der Waals surface area contributed by atoms with Crippen molar-refractivity contribution in [3.63, 3.8) is 0 Å². The van der Waals surface area contributed by atoms with E-state index in [0.29, 0.717) is 13.1 Å². The summed E-state index contributed by atoms with van der Waals surface area (Å²) in [6.07, 6.45) is 3.94. The number of nitrogens with two attached hydrogens (primary N) is 1. The third-order valence-corrected chi connectivity index (χ3v) is 4.20. The third-order valence-electron chi connectivity index (χ3n) is 4.20. The molecule has 1 amide bonds. The number of amides is 1. The minimum atomic E-state index is -0.831. The van der Waals surface area contributed by atoms with Crippen LogP contribution in [0.3, 0.4) is 0 Å². The van der Waals surface area contributed by atoms with Crippen LogP contribution in [0.5, 0.6) is 0 Å². The number of pyridine rings is 1. The van der Waals surface area contributed by atoms with Gasteiger partial charge in [-0.1, -0.05) is 0 Å². The summed E-state index contributed by atoms with van der Waals surface area (Å²) in [6, 6.07) is 2.44. The Balaban J connectivity index is 1.71. The molecule has 1 aliphatic carbocycles. The van der Waals surface area contributed by atoms with Crippen LogP contribution >= 0.6 is 0 Å². The number of aryl methyl sites for hydroxylation is 1. The number of rotatable bonds is 1. The van der Waals surface area contributed by atoms with E-state index in [9.17, 15) is 4.79 Å². The second-order valence-electron chi connectivity index (χ2n) is 5.56. The lowest BCUT2D eigenvalue weighted by atomic mass is 9.92. The van der Waals surface area contributed by atoms with Crippen molar-refractivity contribution in [1.29, 1.82) is 0 Å². The van der Waals surface area contributed by atoms with Crippen molar-refractivity contribution < 1.29 is 9.90 Å². The monoisotopic (exact) mass is 276 g/mol. The van der Waals surface area contributed by atoms with E-state index in [1.54, 1.807) is 0 Å². The van der Waals surface area contributed by atoms with Gasteiger partial charge in [-0.25, -0.2) is 4.79 Å². The fraction of sp³-hybridized carbons (Fsp3) is 0.571. The van der Waals surface area contributed by atoms with Gasteiger partial charge in [0.2, 0.25) is 0 Å². The van der Waals surface area contributed by atoms with Gasteiger partial charge >= 0.3 is 6.09 Å². The molecule has 1 fully saturated rings. The Morgan fingerprint density at radius 1 is 1.35 bits per heavy atom. The Hall–Kier alpha value is -1.82. The van der Waals surface area contributed by atoms with Crippen LogP contribution in [0.1, 0.15) is 17.7 Å². The van der Waals surface area contributed by atoms with Gasteiger partial charge in [0.25, 0.3) is 0 Å². The molecule has 3 rings (SSSR count). The van der Waals surface area contributed by atoms with E-state index >= 15 is 0 Å². The summed E-state index contributed by atoms with van der Waals surface area (Å²) >= 11 is 0. The predicted octanol–water partition coefficient (Wildman–Crippen LogP) is 0.698. The molecule has 0 aromatic carbocycles. The lowest BCUT2D eigenvalue weighted by Crippen LogP contribution is -2.48. The molecule has 6 heteroatoms.